The summed E-state index contributed by atoms with van der Waals surface area (Å²) >= 11 is 0. The molecule has 0 aromatic heterocycles. The molecular weight excluding hydrogens is 286 g/mol. The molecule has 0 N–H and O–H groups in total. The zero-order valence-corrected chi connectivity index (χ0v) is 15.7. The number of hydrogen-bond donors (Lipinski definition) is 0. The molecule has 0 aromatic carbocycles. The molecule has 3 nitrogen and oxygen atoms in total. The lowest BCUT2D eigenvalue weighted by molar-refractivity contribution is -0.117. The number of hydrogen-bond acceptors (Lipinski definition) is 3. The van der Waals surface area contributed by atoms with Gasteiger partial charge >= 0.3 is 0 Å². The molecule has 0 radical (unpaired) electrons. The topological polar surface area (TPSA) is 29.5 Å². The minimum atomic E-state index is 0.339. The molecule has 0 saturated carbocycles. The minimum Gasteiger partial charge on any atom is -0.378 e. The Morgan fingerprint density at radius 1 is 0.957 bits per heavy atom. The highest BCUT2D eigenvalue weighted by molar-refractivity contribution is 5.75. The van der Waals surface area contributed by atoms with Crippen LogP contribution in [0.5, 0.6) is 0 Å². The van der Waals surface area contributed by atoms with Crippen molar-refractivity contribution in [1.82, 2.24) is 4.90 Å². The van der Waals surface area contributed by atoms with Gasteiger partial charge in [-0.1, -0.05) is 45.4 Å². The Kier molecular flexibility index (Phi) is 12.5. The van der Waals surface area contributed by atoms with E-state index >= 15 is 0 Å². The van der Waals surface area contributed by atoms with E-state index in [0.717, 1.165) is 25.9 Å². The van der Waals surface area contributed by atoms with Gasteiger partial charge in [0.2, 0.25) is 0 Å². The largest absolute Gasteiger partial charge is 0.378 e. The highest BCUT2D eigenvalue weighted by atomic mass is 16.5. The highest BCUT2D eigenvalue weighted by Crippen LogP contribution is 2.15. The van der Waals surface area contributed by atoms with E-state index in [1.807, 2.05) is 0 Å². The van der Waals surface area contributed by atoms with Crippen molar-refractivity contribution in [3.63, 3.8) is 0 Å². The van der Waals surface area contributed by atoms with Gasteiger partial charge in [0, 0.05) is 26.1 Å². The third-order valence-electron chi connectivity index (χ3n) is 4.85. The normalized spacial score (nSPS) is 16.8. The van der Waals surface area contributed by atoms with Crippen LogP contribution in [0.2, 0.25) is 0 Å². The first kappa shape index (κ1) is 20.6. The van der Waals surface area contributed by atoms with E-state index in [0.29, 0.717) is 11.9 Å². The van der Waals surface area contributed by atoms with Crippen molar-refractivity contribution in [3.8, 4) is 0 Å². The monoisotopic (exact) mass is 325 g/mol. The van der Waals surface area contributed by atoms with Crippen molar-refractivity contribution in [1.29, 1.82) is 0 Å². The van der Waals surface area contributed by atoms with Crippen LogP contribution in [-0.4, -0.2) is 43.0 Å². The zero-order chi connectivity index (χ0) is 16.8. The number of ether oxygens (including phenoxy) is 1. The smallest absolute Gasteiger partial charge is 0.129 e. The SMILES string of the molecule is CCCOC1CCN(CCCCCCCCCCC(C)=O)CC1. The van der Waals surface area contributed by atoms with Crippen molar-refractivity contribution >= 4 is 5.78 Å². The second kappa shape index (κ2) is 14.0. The molecule has 1 aliphatic rings. The molecule has 0 atom stereocenters. The average Bonchev–Trinajstić information content (AvgIpc) is 2.55. The van der Waals surface area contributed by atoms with Crippen molar-refractivity contribution in [3.05, 3.63) is 0 Å². The maximum atomic E-state index is 10.8. The molecular formula is C20H39NO2. The standard InChI is InChI=1S/C20H39NO2/c1-3-18-23-20-13-16-21(17-14-20)15-11-9-7-5-4-6-8-10-12-19(2)22/h20H,3-18H2,1-2H3. The molecule has 0 aliphatic carbocycles. The Hall–Kier alpha value is -0.410. The fraction of sp³-hybridized carbons (Fsp3) is 0.950. The van der Waals surface area contributed by atoms with Gasteiger partial charge < -0.3 is 14.4 Å². The third kappa shape index (κ3) is 11.7. The number of likely N-dealkylation sites (tertiary alicyclic amines) is 1. The van der Waals surface area contributed by atoms with Gasteiger partial charge in [0.25, 0.3) is 0 Å². The Balaban J connectivity index is 1.82. The van der Waals surface area contributed by atoms with E-state index in [9.17, 15) is 4.79 Å². The fourth-order valence-corrected chi connectivity index (χ4v) is 3.35. The molecule has 23 heavy (non-hydrogen) atoms. The van der Waals surface area contributed by atoms with Crippen molar-refractivity contribution in [2.24, 2.45) is 0 Å². The van der Waals surface area contributed by atoms with Crippen LogP contribution >= 0.6 is 0 Å². The van der Waals surface area contributed by atoms with Gasteiger partial charge in [0.05, 0.1) is 6.10 Å². The summed E-state index contributed by atoms with van der Waals surface area (Å²) < 4.78 is 5.85. The lowest BCUT2D eigenvalue weighted by atomic mass is 10.1. The average molecular weight is 326 g/mol. The van der Waals surface area contributed by atoms with Crippen LogP contribution in [0, 0.1) is 0 Å². The summed E-state index contributed by atoms with van der Waals surface area (Å²) in [5, 5.41) is 0. The molecule has 0 spiro atoms. The molecule has 0 aromatic rings. The lowest BCUT2D eigenvalue weighted by Crippen LogP contribution is -2.37. The van der Waals surface area contributed by atoms with E-state index in [4.69, 9.17) is 4.74 Å². The van der Waals surface area contributed by atoms with Gasteiger partial charge in [-0.2, -0.15) is 0 Å². The van der Waals surface area contributed by atoms with E-state index in [-0.39, 0.29) is 0 Å². The first-order chi connectivity index (χ1) is 11.2. The van der Waals surface area contributed by atoms with E-state index in [2.05, 4.69) is 11.8 Å². The number of carbonyl (C=O) groups is 1. The molecule has 1 fully saturated rings. The Morgan fingerprint density at radius 3 is 2.09 bits per heavy atom. The lowest BCUT2D eigenvalue weighted by Gasteiger charge is -2.31. The number of unbranched alkanes of at least 4 members (excludes halogenated alkanes) is 7. The molecule has 1 saturated heterocycles. The van der Waals surface area contributed by atoms with Gasteiger partial charge in [-0.15, -0.1) is 0 Å². The van der Waals surface area contributed by atoms with E-state index < -0.39 is 0 Å². The number of piperidine rings is 1. The van der Waals surface area contributed by atoms with Gasteiger partial charge in [-0.25, -0.2) is 0 Å². The second-order valence-electron chi connectivity index (χ2n) is 7.19. The van der Waals surface area contributed by atoms with Crippen LogP contribution in [0.1, 0.15) is 90.9 Å². The number of nitrogens with zero attached hydrogens (tertiary/aromatic N) is 1. The van der Waals surface area contributed by atoms with Crippen LogP contribution in [0.4, 0.5) is 0 Å². The Bertz CT molecular complexity index is 285. The zero-order valence-electron chi connectivity index (χ0n) is 15.7. The summed E-state index contributed by atoms with van der Waals surface area (Å²) in [6.45, 7) is 8.54. The summed E-state index contributed by atoms with van der Waals surface area (Å²) in [5.41, 5.74) is 0. The summed E-state index contributed by atoms with van der Waals surface area (Å²) in [6.07, 6.45) is 15.3. The molecule has 3 heteroatoms. The van der Waals surface area contributed by atoms with Gasteiger partial charge in [-0.05, 0) is 45.6 Å². The van der Waals surface area contributed by atoms with E-state index in [1.54, 1.807) is 6.92 Å². The minimum absolute atomic E-state index is 0.339. The fourth-order valence-electron chi connectivity index (χ4n) is 3.35. The maximum Gasteiger partial charge on any atom is 0.129 e. The molecule has 1 rings (SSSR count). The van der Waals surface area contributed by atoms with Crippen molar-refractivity contribution in [2.45, 2.75) is 97.0 Å². The summed E-state index contributed by atoms with van der Waals surface area (Å²) in [5.74, 6) is 0.339. The molecule has 0 amide bonds. The van der Waals surface area contributed by atoms with Gasteiger partial charge in [-0.3, -0.25) is 0 Å². The second-order valence-corrected chi connectivity index (χ2v) is 7.19. The predicted molar refractivity (Wildman–Crippen MR) is 97.9 cm³/mol. The first-order valence-corrected chi connectivity index (χ1v) is 10.1. The summed E-state index contributed by atoms with van der Waals surface area (Å²) in [6, 6.07) is 0. The number of Topliss-reactive ketones (excluding diaryl/α,β-unsaturated/α-hetero) is 1. The predicted octanol–water partition coefficient (Wildman–Crippen LogP) is 4.98. The van der Waals surface area contributed by atoms with E-state index in [1.165, 1.54) is 77.4 Å². The quantitative estimate of drug-likeness (QED) is 0.422. The van der Waals surface area contributed by atoms with Crippen molar-refractivity contribution in [2.75, 3.05) is 26.2 Å². The van der Waals surface area contributed by atoms with Crippen LogP contribution in [0.25, 0.3) is 0 Å². The van der Waals surface area contributed by atoms with Crippen LogP contribution < -0.4 is 0 Å². The van der Waals surface area contributed by atoms with Crippen LogP contribution in [-0.2, 0) is 9.53 Å². The van der Waals surface area contributed by atoms with Crippen molar-refractivity contribution < 1.29 is 9.53 Å². The van der Waals surface area contributed by atoms with Crippen LogP contribution in [0.15, 0.2) is 0 Å². The molecule has 136 valence electrons. The molecule has 0 bridgehead atoms. The Morgan fingerprint density at radius 2 is 1.52 bits per heavy atom. The Labute approximate surface area is 144 Å². The van der Waals surface area contributed by atoms with Crippen LogP contribution in [0.3, 0.4) is 0 Å². The summed E-state index contributed by atoms with van der Waals surface area (Å²) in [7, 11) is 0. The molecule has 1 heterocycles. The number of rotatable bonds is 14. The molecule has 1 aliphatic heterocycles. The first-order valence-electron chi connectivity index (χ1n) is 10.1. The number of carbonyl (C=O) groups excluding carboxylic acids is 1. The van der Waals surface area contributed by atoms with Gasteiger partial charge in [0.1, 0.15) is 5.78 Å². The highest BCUT2D eigenvalue weighted by Gasteiger charge is 2.18. The third-order valence-corrected chi connectivity index (χ3v) is 4.85. The van der Waals surface area contributed by atoms with Gasteiger partial charge in [0.15, 0.2) is 0 Å². The maximum absolute atomic E-state index is 10.8. The molecule has 0 unspecified atom stereocenters. The summed E-state index contributed by atoms with van der Waals surface area (Å²) in [4.78, 5) is 13.5. The number of ketones is 1.